The van der Waals surface area contributed by atoms with Gasteiger partial charge in [0.1, 0.15) is 11.9 Å². The van der Waals surface area contributed by atoms with E-state index in [1.54, 1.807) is 24.3 Å². The van der Waals surface area contributed by atoms with Gasteiger partial charge in [-0.25, -0.2) is 8.42 Å². The van der Waals surface area contributed by atoms with Gasteiger partial charge < -0.3 is 10.2 Å². The standard InChI is InChI=1S/C25H32N2O4S/c28-23(26-17-11-3-1-2-6-12-21-13-7-4-8-14-21)19-27-24(29)18-25(27)32(30,31)20-22-15-9-5-10-16-22/h4-5,7-10,13-16,25H,1-3,6,11-12,17-20H2,(H,26,28). The molecule has 1 heterocycles. The fourth-order valence-corrected chi connectivity index (χ4v) is 5.73. The van der Waals surface area contributed by atoms with Gasteiger partial charge in [-0.2, -0.15) is 0 Å². The predicted octanol–water partition coefficient (Wildman–Crippen LogP) is 3.47. The molecule has 0 radical (unpaired) electrons. The highest BCUT2D eigenvalue weighted by Gasteiger charge is 2.45. The van der Waals surface area contributed by atoms with Gasteiger partial charge in [-0.3, -0.25) is 9.59 Å². The molecule has 172 valence electrons. The van der Waals surface area contributed by atoms with Crippen LogP contribution in [-0.4, -0.2) is 43.6 Å². The van der Waals surface area contributed by atoms with Gasteiger partial charge in [0.15, 0.2) is 9.84 Å². The molecule has 7 heteroatoms. The zero-order chi connectivity index (χ0) is 22.8. The van der Waals surface area contributed by atoms with Crippen molar-refractivity contribution in [2.75, 3.05) is 13.1 Å². The molecule has 0 spiro atoms. The molecule has 2 aromatic rings. The number of hydrogen-bond acceptors (Lipinski definition) is 4. The van der Waals surface area contributed by atoms with Crippen molar-refractivity contribution in [3.05, 3.63) is 71.8 Å². The molecule has 0 saturated carbocycles. The molecule has 0 aromatic heterocycles. The van der Waals surface area contributed by atoms with Crippen molar-refractivity contribution in [3.8, 4) is 0 Å². The zero-order valence-electron chi connectivity index (χ0n) is 18.4. The molecule has 1 N–H and O–H groups in total. The summed E-state index contributed by atoms with van der Waals surface area (Å²) in [5, 5.41) is 1.90. The van der Waals surface area contributed by atoms with Crippen LogP contribution >= 0.6 is 0 Å². The maximum atomic E-state index is 12.7. The monoisotopic (exact) mass is 456 g/mol. The van der Waals surface area contributed by atoms with Crippen molar-refractivity contribution < 1.29 is 18.0 Å². The van der Waals surface area contributed by atoms with Gasteiger partial charge >= 0.3 is 0 Å². The molecule has 1 unspecified atom stereocenters. The Balaban J connectivity index is 1.30. The van der Waals surface area contributed by atoms with Crippen LogP contribution in [0.4, 0.5) is 0 Å². The van der Waals surface area contributed by atoms with Crippen molar-refractivity contribution in [2.45, 2.75) is 56.1 Å². The molecule has 1 atom stereocenters. The summed E-state index contributed by atoms with van der Waals surface area (Å²) < 4.78 is 25.3. The third-order valence-electron chi connectivity index (χ3n) is 5.76. The SMILES string of the molecule is O=C(CN1C(=O)CC1S(=O)(=O)Cc1ccccc1)NCCCCCCCc1ccccc1. The number of nitrogens with one attached hydrogen (secondary N) is 1. The van der Waals surface area contributed by atoms with Crippen molar-refractivity contribution in [3.63, 3.8) is 0 Å². The Morgan fingerprint density at radius 2 is 1.47 bits per heavy atom. The lowest BCUT2D eigenvalue weighted by atomic mass is 10.1. The van der Waals surface area contributed by atoms with Crippen LogP contribution in [0.25, 0.3) is 0 Å². The molecule has 32 heavy (non-hydrogen) atoms. The molecular weight excluding hydrogens is 424 g/mol. The first kappa shape index (κ1) is 24.0. The lowest BCUT2D eigenvalue weighted by Gasteiger charge is -2.39. The van der Waals surface area contributed by atoms with Crippen molar-refractivity contribution in [1.29, 1.82) is 0 Å². The lowest BCUT2D eigenvalue weighted by Crippen LogP contribution is -2.59. The van der Waals surface area contributed by atoms with E-state index in [1.165, 1.54) is 10.5 Å². The van der Waals surface area contributed by atoms with E-state index in [9.17, 15) is 18.0 Å². The van der Waals surface area contributed by atoms with E-state index in [4.69, 9.17) is 0 Å². The minimum atomic E-state index is -3.54. The molecule has 1 fully saturated rings. The number of amides is 2. The van der Waals surface area contributed by atoms with Crippen LogP contribution in [0.5, 0.6) is 0 Å². The van der Waals surface area contributed by atoms with E-state index in [0.29, 0.717) is 12.1 Å². The lowest BCUT2D eigenvalue weighted by molar-refractivity contribution is -0.145. The van der Waals surface area contributed by atoms with Gasteiger partial charge in [-0.1, -0.05) is 79.9 Å². The number of benzene rings is 2. The van der Waals surface area contributed by atoms with E-state index in [0.717, 1.165) is 38.5 Å². The molecule has 1 saturated heterocycles. The molecular formula is C25H32N2O4S. The first-order valence-electron chi connectivity index (χ1n) is 11.3. The minimum absolute atomic E-state index is 0.0502. The first-order valence-corrected chi connectivity index (χ1v) is 13.0. The fraction of sp³-hybridized carbons (Fsp3) is 0.440. The second-order valence-electron chi connectivity index (χ2n) is 8.33. The molecule has 2 amide bonds. The van der Waals surface area contributed by atoms with E-state index < -0.39 is 15.2 Å². The number of rotatable bonds is 13. The highest BCUT2D eigenvalue weighted by atomic mass is 32.2. The van der Waals surface area contributed by atoms with E-state index in [1.807, 2.05) is 12.1 Å². The Morgan fingerprint density at radius 3 is 2.12 bits per heavy atom. The average Bonchev–Trinajstić information content (AvgIpc) is 2.78. The van der Waals surface area contributed by atoms with Crippen LogP contribution in [0.2, 0.25) is 0 Å². The maximum Gasteiger partial charge on any atom is 0.239 e. The molecule has 0 aliphatic carbocycles. The number of β-lactam (4-membered cyclic amide) rings is 1. The van der Waals surface area contributed by atoms with Crippen molar-refractivity contribution in [1.82, 2.24) is 10.2 Å². The number of likely N-dealkylation sites (tertiary alicyclic amines) is 1. The van der Waals surface area contributed by atoms with Gasteiger partial charge in [-0.05, 0) is 30.4 Å². The van der Waals surface area contributed by atoms with Crippen LogP contribution in [0.1, 0.15) is 49.7 Å². The van der Waals surface area contributed by atoms with Crippen LogP contribution < -0.4 is 5.32 Å². The fourth-order valence-electron chi connectivity index (χ4n) is 3.91. The summed E-state index contributed by atoms with van der Waals surface area (Å²) >= 11 is 0. The van der Waals surface area contributed by atoms with Crippen LogP contribution in [0, 0.1) is 0 Å². The van der Waals surface area contributed by atoms with E-state index in [-0.39, 0.29) is 30.5 Å². The minimum Gasteiger partial charge on any atom is -0.355 e. The van der Waals surface area contributed by atoms with Crippen molar-refractivity contribution >= 4 is 21.7 Å². The van der Waals surface area contributed by atoms with Gasteiger partial charge in [0, 0.05) is 6.54 Å². The molecule has 1 aliphatic rings. The van der Waals surface area contributed by atoms with Crippen LogP contribution in [-0.2, 0) is 31.6 Å². The number of sulfone groups is 1. The Bertz CT molecular complexity index is 978. The largest absolute Gasteiger partial charge is 0.355 e. The molecule has 2 aromatic carbocycles. The van der Waals surface area contributed by atoms with Crippen LogP contribution in [0.15, 0.2) is 60.7 Å². The van der Waals surface area contributed by atoms with Gasteiger partial charge in [-0.15, -0.1) is 0 Å². The second-order valence-corrected chi connectivity index (χ2v) is 10.5. The summed E-state index contributed by atoms with van der Waals surface area (Å²) in [6.45, 7) is 0.343. The summed E-state index contributed by atoms with van der Waals surface area (Å²) in [4.78, 5) is 25.3. The Morgan fingerprint density at radius 1 is 0.875 bits per heavy atom. The summed E-state index contributed by atoms with van der Waals surface area (Å²) in [7, 11) is -3.54. The summed E-state index contributed by atoms with van der Waals surface area (Å²) in [5.74, 6) is -0.726. The third kappa shape index (κ3) is 7.19. The Hall–Kier alpha value is -2.67. The van der Waals surface area contributed by atoms with Crippen molar-refractivity contribution in [2.24, 2.45) is 0 Å². The third-order valence-corrected chi connectivity index (χ3v) is 7.75. The summed E-state index contributed by atoms with van der Waals surface area (Å²) in [6.07, 6.45) is 6.39. The quantitative estimate of drug-likeness (QED) is 0.370. The number of hydrogen-bond donors (Lipinski definition) is 1. The second kappa shape index (κ2) is 11.8. The van der Waals surface area contributed by atoms with Gasteiger partial charge in [0.2, 0.25) is 11.8 Å². The maximum absolute atomic E-state index is 12.7. The van der Waals surface area contributed by atoms with Crippen LogP contribution in [0.3, 0.4) is 0 Å². The zero-order valence-corrected chi connectivity index (χ0v) is 19.2. The topological polar surface area (TPSA) is 83.6 Å². The number of carbonyl (C=O) groups excluding carboxylic acids is 2. The number of nitrogens with zero attached hydrogens (tertiary/aromatic N) is 1. The first-order chi connectivity index (χ1) is 15.5. The molecule has 3 rings (SSSR count). The molecule has 6 nitrogen and oxygen atoms in total. The smallest absolute Gasteiger partial charge is 0.239 e. The number of aryl methyl sites for hydroxylation is 1. The number of carbonyl (C=O) groups is 2. The van der Waals surface area contributed by atoms with E-state index in [2.05, 4.69) is 29.6 Å². The Kier molecular flexibility index (Phi) is 8.85. The average molecular weight is 457 g/mol. The van der Waals surface area contributed by atoms with E-state index >= 15 is 0 Å². The highest BCUT2D eigenvalue weighted by molar-refractivity contribution is 7.91. The van der Waals surface area contributed by atoms with Gasteiger partial charge in [0.05, 0.1) is 12.2 Å². The molecule has 1 aliphatic heterocycles. The predicted molar refractivity (Wildman–Crippen MR) is 125 cm³/mol. The van der Waals surface area contributed by atoms with Gasteiger partial charge in [0.25, 0.3) is 0 Å². The highest BCUT2D eigenvalue weighted by Crippen LogP contribution is 2.26. The number of unbranched alkanes of at least 4 members (excludes halogenated alkanes) is 4. The Labute approximate surface area is 190 Å². The summed E-state index contributed by atoms with van der Waals surface area (Å²) in [6, 6.07) is 19.3. The normalized spacial score (nSPS) is 15.9. The molecule has 0 bridgehead atoms. The summed E-state index contributed by atoms with van der Waals surface area (Å²) in [5.41, 5.74) is 2.05.